The summed E-state index contributed by atoms with van der Waals surface area (Å²) in [4.78, 5) is 0. The molecule has 0 bridgehead atoms. The van der Waals surface area contributed by atoms with Crippen LogP contribution in [-0.4, -0.2) is 27.9 Å². The molecule has 78 valence electrons. The maximum Gasteiger partial charge on any atom is 0.115 e. The van der Waals surface area contributed by atoms with E-state index in [1.54, 1.807) is 18.4 Å². The summed E-state index contributed by atoms with van der Waals surface area (Å²) in [5, 5.41) is 12.3. The van der Waals surface area contributed by atoms with Crippen LogP contribution < -0.4 is 5.32 Å². The minimum absolute atomic E-state index is 0.281. The Hall–Kier alpha value is -0.870. The van der Waals surface area contributed by atoms with Gasteiger partial charge in [-0.15, -0.1) is 0 Å². The van der Waals surface area contributed by atoms with Gasteiger partial charge in [0.2, 0.25) is 0 Å². The number of phenols is 1. The minimum atomic E-state index is -0.740. The summed E-state index contributed by atoms with van der Waals surface area (Å²) in [6.45, 7) is 1.43. The second-order valence-electron chi connectivity index (χ2n) is 3.12. The Morgan fingerprint density at radius 1 is 1.50 bits per heavy atom. The van der Waals surface area contributed by atoms with E-state index in [0.717, 1.165) is 12.1 Å². The second kappa shape index (κ2) is 5.78. The van der Waals surface area contributed by atoms with Crippen molar-refractivity contribution in [2.24, 2.45) is 0 Å². The molecule has 0 heterocycles. The fourth-order valence-electron chi connectivity index (χ4n) is 1.12. The molecule has 0 amide bonds. The maximum absolute atomic E-state index is 10.7. The average Bonchev–Trinajstić information content (AvgIpc) is 2.12. The first-order chi connectivity index (χ1) is 6.68. The summed E-state index contributed by atoms with van der Waals surface area (Å²) in [5.74, 6) is 0.946. The Bertz CT molecular complexity index is 315. The van der Waals surface area contributed by atoms with Gasteiger partial charge in [0.1, 0.15) is 5.75 Å². The SMILES string of the molecule is CS(=O)CCNCc1cccc(O)c1. The van der Waals surface area contributed by atoms with E-state index in [2.05, 4.69) is 5.32 Å². The van der Waals surface area contributed by atoms with Crippen molar-refractivity contribution in [2.75, 3.05) is 18.6 Å². The van der Waals surface area contributed by atoms with Gasteiger partial charge in [0.25, 0.3) is 0 Å². The molecular formula is C10H15NO2S. The van der Waals surface area contributed by atoms with Crippen LogP contribution in [0.5, 0.6) is 5.75 Å². The average molecular weight is 213 g/mol. The smallest absolute Gasteiger partial charge is 0.115 e. The zero-order valence-electron chi connectivity index (χ0n) is 8.19. The van der Waals surface area contributed by atoms with E-state index in [1.807, 2.05) is 12.1 Å². The lowest BCUT2D eigenvalue weighted by Gasteiger charge is -2.03. The molecule has 1 aromatic carbocycles. The van der Waals surface area contributed by atoms with Crippen molar-refractivity contribution in [3.63, 3.8) is 0 Å². The molecule has 0 saturated heterocycles. The number of aromatic hydroxyl groups is 1. The Labute approximate surface area is 86.6 Å². The third kappa shape index (κ3) is 4.39. The van der Waals surface area contributed by atoms with Gasteiger partial charge < -0.3 is 10.4 Å². The van der Waals surface area contributed by atoms with Crippen molar-refractivity contribution in [2.45, 2.75) is 6.54 Å². The van der Waals surface area contributed by atoms with Crippen LogP contribution in [-0.2, 0) is 17.3 Å². The van der Waals surface area contributed by atoms with Gasteiger partial charge in [-0.25, -0.2) is 0 Å². The van der Waals surface area contributed by atoms with E-state index < -0.39 is 10.8 Å². The molecule has 0 radical (unpaired) electrons. The van der Waals surface area contributed by atoms with Crippen molar-refractivity contribution < 1.29 is 9.32 Å². The molecule has 0 fully saturated rings. The molecular weight excluding hydrogens is 198 g/mol. The van der Waals surface area contributed by atoms with E-state index in [-0.39, 0.29) is 5.75 Å². The molecule has 14 heavy (non-hydrogen) atoms. The molecule has 0 spiro atoms. The molecule has 0 aromatic heterocycles. The number of rotatable bonds is 5. The summed E-state index contributed by atoms with van der Waals surface area (Å²) in [6, 6.07) is 7.11. The Kier molecular flexibility index (Phi) is 4.62. The van der Waals surface area contributed by atoms with E-state index in [9.17, 15) is 9.32 Å². The fraction of sp³-hybridized carbons (Fsp3) is 0.400. The highest BCUT2D eigenvalue weighted by atomic mass is 32.2. The molecule has 0 aliphatic rings. The van der Waals surface area contributed by atoms with Crippen LogP contribution >= 0.6 is 0 Å². The van der Waals surface area contributed by atoms with E-state index in [4.69, 9.17) is 0 Å². The second-order valence-corrected chi connectivity index (χ2v) is 4.68. The van der Waals surface area contributed by atoms with E-state index in [0.29, 0.717) is 12.3 Å². The van der Waals surface area contributed by atoms with E-state index >= 15 is 0 Å². The summed E-state index contributed by atoms with van der Waals surface area (Å²) in [6.07, 6.45) is 1.69. The number of nitrogens with one attached hydrogen (secondary N) is 1. The van der Waals surface area contributed by atoms with Crippen LogP contribution in [0.15, 0.2) is 24.3 Å². The quantitative estimate of drug-likeness (QED) is 0.713. The predicted molar refractivity (Wildman–Crippen MR) is 58.7 cm³/mol. The summed E-state index contributed by atoms with van der Waals surface area (Å²) in [7, 11) is -0.740. The number of hydrogen-bond acceptors (Lipinski definition) is 3. The van der Waals surface area contributed by atoms with Gasteiger partial charge in [0, 0.05) is 35.9 Å². The fourth-order valence-corrected chi connectivity index (χ4v) is 1.55. The highest BCUT2D eigenvalue weighted by molar-refractivity contribution is 7.84. The highest BCUT2D eigenvalue weighted by Gasteiger charge is 1.94. The lowest BCUT2D eigenvalue weighted by atomic mass is 10.2. The Morgan fingerprint density at radius 2 is 2.29 bits per heavy atom. The van der Waals surface area contributed by atoms with Gasteiger partial charge in [0.15, 0.2) is 0 Å². The largest absolute Gasteiger partial charge is 0.508 e. The summed E-state index contributed by atoms with van der Waals surface area (Å²) >= 11 is 0. The molecule has 0 saturated carbocycles. The van der Waals surface area contributed by atoms with Crippen LogP contribution in [0, 0.1) is 0 Å². The molecule has 1 atom stereocenters. The Morgan fingerprint density at radius 3 is 2.93 bits per heavy atom. The first-order valence-corrected chi connectivity index (χ1v) is 6.20. The van der Waals surface area contributed by atoms with Crippen molar-refractivity contribution in [1.82, 2.24) is 5.32 Å². The number of phenolic OH excluding ortho intramolecular Hbond substituents is 1. The van der Waals surface area contributed by atoms with Gasteiger partial charge in [-0.05, 0) is 17.7 Å². The van der Waals surface area contributed by atoms with Crippen LogP contribution in [0.25, 0.3) is 0 Å². The Balaban J connectivity index is 2.28. The first kappa shape index (κ1) is 11.2. The van der Waals surface area contributed by atoms with Crippen LogP contribution in [0.1, 0.15) is 5.56 Å². The van der Waals surface area contributed by atoms with Crippen molar-refractivity contribution >= 4 is 10.8 Å². The maximum atomic E-state index is 10.7. The molecule has 0 aliphatic heterocycles. The van der Waals surface area contributed by atoms with Crippen LogP contribution in [0.4, 0.5) is 0 Å². The van der Waals surface area contributed by atoms with Crippen LogP contribution in [0.3, 0.4) is 0 Å². The molecule has 0 aliphatic carbocycles. The first-order valence-electron chi connectivity index (χ1n) is 4.47. The third-order valence-corrected chi connectivity index (χ3v) is 2.59. The summed E-state index contributed by atoms with van der Waals surface area (Å²) < 4.78 is 10.7. The molecule has 1 unspecified atom stereocenters. The van der Waals surface area contributed by atoms with Gasteiger partial charge in [0.05, 0.1) is 0 Å². The number of hydrogen-bond donors (Lipinski definition) is 2. The zero-order valence-corrected chi connectivity index (χ0v) is 9.01. The lowest BCUT2D eigenvalue weighted by Crippen LogP contribution is -2.19. The minimum Gasteiger partial charge on any atom is -0.508 e. The van der Waals surface area contributed by atoms with Gasteiger partial charge >= 0.3 is 0 Å². The highest BCUT2D eigenvalue weighted by Crippen LogP contribution is 2.10. The lowest BCUT2D eigenvalue weighted by molar-refractivity contribution is 0.474. The predicted octanol–water partition coefficient (Wildman–Crippen LogP) is 0.860. The van der Waals surface area contributed by atoms with E-state index in [1.165, 1.54) is 0 Å². The third-order valence-electron chi connectivity index (χ3n) is 1.81. The van der Waals surface area contributed by atoms with Crippen molar-refractivity contribution in [3.05, 3.63) is 29.8 Å². The van der Waals surface area contributed by atoms with Crippen LogP contribution in [0.2, 0.25) is 0 Å². The molecule has 3 nitrogen and oxygen atoms in total. The zero-order chi connectivity index (χ0) is 10.4. The topological polar surface area (TPSA) is 49.3 Å². The van der Waals surface area contributed by atoms with Gasteiger partial charge in [-0.2, -0.15) is 0 Å². The summed E-state index contributed by atoms with van der Waals surface area (Å²) in [5.41, 5.74) is 1.03. The van der Waals surface area contributed by atoms with Gasteiger partial charge in [-0.3, -0.25) is 4.21 Å². The van der Waals surface area contributed by atoms with Crippen molar-refractivity contribution in [1.29, 1.82) is 0 Å². The molecule has 1 aromatic rings. The van der Waals surface area contributed by atoms with Gasteiger partial charge in [-0.1, -0.05) is 12.1 Å². The molecule has 1 rings (SSSR count). The number of benzene rings is 1. The normalized spacial score (nSPS) is 12.6. The standard InChI is InChI=1S/C10H15NO2S/c1-14(13)6-5-11-8-9-3-2-4-10(12)7-9/h2-4,7,11-12H,5-6,8H2,1H3. The molecule has 4 heteroatoms. The molecule has 2 N–H and O–H groups in total. The van der Waals surface area contributed by atoms with Crippen molar-refractivity contribution in [3.8, 4) is 5.75 Å². The monoisotopic (exact) mass is 213 g/mol.